The highest BCUT2D eigenvalue weighted by molar-refractivity contribution is 7.80. The predicted molar refractivity (Wildman–Crippen MR) is 86.6 cm³/mol. The third-order valence-corrected chi connectivity index (χ3v) is 4.05. The van der Waals surface area contributed by atoms with Crippen LogP contribution in [0.3, 0.4) is 0 Å². The maximum Gasteiger partial charge on any atom is 0.146 e. The van der Waals surface area contributed by atoms with E-state index in [1.54, 1.807) is 30.1 Å². The molecule has 0 unspecified atom stereocenters. The van der Waals surface area contributed by atoms with Gasteiger partial charge >= 0.3 is 0 Å². The van der Waals surface area contributed by atoms with Gasteiger partial charge in [0.1, 0.15) is 16.6 Å². The lowest BCUT2D eigenvalue weighted by Gasteiger charge is -2.22. The van der Waals surface area contributed by atoms with E-state index in [1.165, 1.54) is 11.6 Å². The summed E-state index contributed by atoms with van der Waals surface area (Å²) in [5.74, 6) is 0.324. The van der Waals surface area contributed by atoms with Crippen LogP contribution in [0.4, 0.5) is 15.9 Å². The predicted octanol–water partition coefficient (Wildman–Crippen LogP) is 3.11. The van der Waals surface area contributed by atoms with Crippen molar-refractivity contribution in [1.82, 2.24) is 4.98 Å². The summed E-state index contributed by atoms with van der Waals surface area (Å²) in [6.45, 7) is 0. The average Bonchev–Trinajstić information content (AvgIpc) is 2.93. The molecule has 1 aliphatic carbocycles. The van der Waals surface area contributed by atoms with Gasteiger partial charge in [0.15, 0.2) is 0 Å². The van der Waals surface area contributed by atoms with Gasteiger partial charge < -0.3 is 10.6 Å². The van der Waals surface area contributed by atoms with Crippen molar-refractivity contribution in [3.8, 4) is 0 Å². The summed E-state index contributed by atoms with van der Waals surface area (Å²) in [5.41, 5.74) is 9.26. The number of halogens is 1. The van der Waals surface area contributed by atoms with Crippen LogP contribution in [0, 0.1) is 5.82 Å². The van der Waals surface area contributed by atoms with Gasteiger partial charge in [0.05, 0.1) is 11.3 Å². The number of aromatic nitrogens is 1. The summed E-state index contributed by atoms with van der Waals surface area (Å²) in [4.78, 5) is 6.68. The molecule has 2 N–H and O–H groups in total. The number of hydrogen-bond donors (Lipinski definition) is 1. The topological polar surface area (TPSA) is 42.2 Å². The molecule has 5 heteroatoms. The van der Waals surface area contributed by atoms with Crippen LogP contribution in [0.1, 0.15) is 23.2 Å². The van der Waals surface area contributed by atoms with E-state index in [0.717, 1.165) is 25.0 Å². The maximum atomic E-state index is 14.0. The Hall–Kier alpha value is -2.01. The highest BCUT2D eigenvalue weighted by Crippen LogP contribution is 2.31. The number of pyridine rings is 1. The first-order chi connectivity index (χ1) is 10.1. The smallest absolute Gasteiger partial charge is 0.146 e. The van der Waals surface area contributed by atoms with Gasteiger partial charge in [-0.05, 0) is 43.0 Å². The van der Waals surface area contributed by atoms with E-state index < -0.39 is 0 Å². The molecule has 0 saturated carbocycles. The molecular weight excluding hydrogens is 285 g/mol. The molecule has 3 rings (SSSR count). The number of nitrogens with two attached hydrogens (primary N) is 1. The maximum absolute atomic E-state index is 14.0. The largest absolute Gasteiger partial charge is 0.389 e. The van der Waals surface area contributed by atoms with Crippen molar-refractivity contribution in [3.63, 3.8) is 0 Å². The van der Waals surface area contributed by atoms with Gasteiger partial charge in [0, 0.05) is 12.7 Å². The summed E-state index contributed by atoms with van der Waals surface area (Å²) in [6.07, 6.45) is 3.04. The van der Waals surface area contributed by atoms with E-state index in [1.807, 2.05) is 6.07 Å². The molecule has 2 aromatic rings. The van der Waals surface area contributed by atoms with E-state index in [9.17, 15) is 4.39 Å². The number of fused-ring (bicyclic) bond motifs is 1. The Labute approximate surface area is 128 Å². The third kappa shape index (κ3) is 2.49. The molecule has 0 spiro atoms. The molecule has 1 heterocycles. The van der Waals surface area contributed by atoms with Crippen LogP contribution in [0.25, 0.3) is 0 Å². The summed E-state index contributed by atoms with van der Waals surface area (Å²) in [7, 11) is 1.78. The van der Waals surface area contributed by atoms with E-state index >= 15 is 0 Å². The summed E-state index contributed by atoms with van der Waals surface area (Å²) >= 11 is 5.14. The highest BCUT2D eigenvalue weighted by atomic mass is 32.1. The molecule has 1 aromatic heterocycles. The Morgan fingerprint density at radius 1 is 1.33 bits per heavy atom. The van der Waals surface area contributed by atoms with Gasteiger partial charge in [-0.3, -0.25) is 0 Å². The van der Waals surface area contributed by atoms with Gasteiger partial charge in [-0.25, -0.2) is 9.37 Å². The minimum Gasteiger partial charge on any atom is -0.389 e. The Morgan fingerprint density at radius 2 is 2.10 bits per heavy atom. The van der Waals surface area contributed by atoms with E-state index in [2.05, 4.69) is 4.98 Å². The monoisotopic (exact) mass is 301 g/mol. The number of nitrogens with zero attached hydrogens (tertiary/aromatic N) is 2. The van der Waals surface area contributed by atoms with E-state index in [-0.39, 0.29) is 10.8 Å². The molecule has 1 aromatic carbocycles. The SMILES string of the molecule is CN(c1ccccc1F)c1nc2c(cc1C(N)=S)CCC2. The minimum absolute atomic E-state index is 0.287. The number of para-hydroxylation sites is 1. The van der Waals surface area contributed by atoms with Crippen LogP contribution >= 0.6 is 12.2 Å². The number of anilines is 2. The zero-order valence-electron chi connectivity index (χ0n) is 11.8. The molecular formula is C16H16FN3S. The van der Waals surface area contributed by atoms with Crippen molar-refractivity contribution in [2.45, 2.75) is 19.3 Å². The Kier molecular flexibility index (Phi) is 3.59. The summed E-state index contributed by atoms with van der Waals surface area (Å²) in [6, 6.07) is 8.61. The van der Waals surface area contributed by atoms with Crippen LogP contribution in [0.5, 0.6) is 0 Å². The van der Waals surface area contributed by atoms with Crippen LogP contribution < -0.4 is 10.6 Å². The first-order valence-electron chi connectivity index (χ1n) is 6.89. The molecule has 3 nitrogen and oxygen atoms in total. The number of hydrogen-bond acceptors (Lipinski definition) is 3. The fourth-order valence-corrected chi connectivity index (χ4v) is 2.89. The van der Waals surface area contributed by atoms with Crippen LogP contribution in [-0.4, -0.2) is 17.0 Å². The molecule has 0 fully saturated rings. The summed E-state index contributed by atoms with van der Waals surface area (Å²) < 4.78 is 14.0. The lowest BCUT2D eigenvalue weighted by molar-refractivity contribution is 0.627. The second-order valence-corrected chi connectivity index (χ2v) is 5.63. The minimum atomic E-state index is -0.295. The standard InChI is InChI=1S/C16H16FN3S/c1-20(14-8-3-2-6-12(14)17)16-11(15(18)21)9-10-5-4-7-13(10)19-16/h2-3,6,8-9H,4-5,7H2,1H3,(H2,18,21). The normalized spacial score (nSPS) is 13.0. The van der Waals surface area contributed by atoms with Crippen molar-refractivity contribution >= 4 is 28.7 Å². The van der Waals surface area contributed by atoms with Crippen molar-refractivity contribution < 1.29 is 4.39 Å². The van der Waals surface area contributed by atoms with Crippen molar-refractivity contribution in [1.29, 1.82) is 0 Å². The van der Waals surface area contributed by atoms with E-state index in [4.69, 9.17) is 18.0 Å². The van der Waals surface area contributed by atoms with Crippen LogP contribution in [-0.2, 0) is 12.8 Å². The quantitative estimate of drug-likeness (QED) is 0.885. The number of rotatable bonds is 3. The lowest BCUT2D eigenvalue weighted by Crippen LogP contribution is -2.21. The first kappa shape index (κ1) is 13.9. The van der Waals surface area contributed by atoms with Crippen LogP contribution in [0.2, 0.25) is 0 Å². The van der Waals surface area contributed by atoms with Gasteiger partial charge in [-0.15, -0.1) is 0 Å². The Morgan fingerprint density at radius 3 is 2.81 bits per heavy atom. The number of thiocarbonyl (C=S) groups is 1. The molecule has 0 atom stereocenters. The van der Waals surface area contributed by atoms with Gasteiger partial charge in [0.25, 0.3) is 0 Å². The second kappa shape index (κ2) is 5.41. The molecule has 1 aliphatic rings. The molecule has 0 bridgehead atoms. The molecule has 108 valence electrons. The highest BCUT2D eigenvalue weighted by Gasteiger charge is 2.21. The Balaban J connectivity index is 2.13. The zero-order valence-corrected chi connectivity index (χ0v) is 12.6. The molecule has 0 radical (unpaired) electrons. The zero-order chi connectivity index (χ0) is 15.0. The average molecular weight is 301 g/mol. The fraction of sp³-hybridized carbons (Fsp3) is 0.250. The fourth-order valence-electron chi connectivity index (χ4n) is 2.74. The third-order valence-electron chi connectivity index (χ3n) is 3.83. The number of aryl methyl sites for hydroxylation is 2. The number of benzene rings is 1. The first-order valence-corrected chi connectivity index (χ1v) is 7.29. The van der Waals surface area contributed by atoms with Gasteiger partial charge in [-0.1, -0.05) is 24.4 Å². The Bertz CT molecular complexity index is 715. The van der Waals surface area contributed by atoms with Crippen molar-refractivity contribution in [2.75, 3.05) is 11.9 Å². The van der Waals surface area contributed by atoms with Gasteiger partial charge in [0.2, 0.25) is 0 Å². The van der Waals surface area contributed by atoms with Crippen LogP contribution in [0.15, 0.2) is 30.3 Å². The van der Waals surface area contributed by atoms with Crippen molar-refractivity contribution in [2.24, 2.45) is 5.73 Å². The second-order valence-electron chi connectivity index (χ2n) is 5.19. The molecule has 0 aliphatic heterocycles. The van der Waals surface area contributed by atoms with Gasteiger partial charge in [-0.2, -0.15) is 0 Å². The molecule has 0 saturated heterocycles. The van der Waals surface area contributed by atoms with E-state index in [0.29, 0.717) is 17.1 Å². The summed E-state index contributed by atoms with van der Waals surface area (Å²) in [5, 5.41) is 0. The van der Waals surface area contributed by atoms with Crippen molar-refractivity contribution in [3.05, 3.63) is 53.0 Å². The molecule has 0 amide bonds. The molecule has 21 heavy (non-hydrogen) atoms. The lowest BCUT2D eigenvalue weighted by atomic mass is 10.1.